The van der Waals surface area contributed by atoms with Gasteiger partial charge in [-0.25, -0.2) is 4.39 Å². The van der Waals surface area contributed by atoms with Gasteiger partial charge in [0.1, 0.15) is 0 Å². The number of rotatable bonds is 8. The predicted molar refractivity (Wildman–Crippen MR) is 110 cm³/mol. The van der Waals surface area contributed by atoms with Gasteiger partial charge in [0, 0.05) is 13.1 Å². The normalized spacial score (nSPS) is 18.3. The average Bonchev–Trinajstić information content (AvgIpc) is 3.46. The van der Waals surface area contributed by atoms with Gasteiger partial charge in [-0.3, -0.25) is 4.99 Å². The van der Waals surface area contributed by atoms with Crippen LogP contribution in [0, 0.1) is 17.7 Å². The molecule has 2 aliphatic rings. The third-order valence-corrected chi connectivity index (χ3v) is 4.53. The minimum atomic E-state index is -0.290. The van der Waals surface area contributed by atoms with E-state index < -0.39 is 0 Å². The third kappa shape index (κ3) is 6.64. The molecule has 1 aromatic carbocycles. The van der Waals surface area contributed by atoms with Gasteiger partial charge in [-0.1, -0.05) is 6.07 Å². The second kappa shape index (κ2) is 9.59. The second-order valence-electron chi connectivity index (χ2n) is 6.97. The van der Waals surface area contributed by atoms with Crippen molar-refractivity contribution in [2.24, 2.45) is 16.8 Å². The van der Waals surface area contributed by atoms with E-state index in [1.54, 1.807) is 12.1 Å². The molecule has 25 heavy (non-hydrogen) atoms. The van der Waals surface area contributed by atoms with E-state index >= 15 is 0 Å². The number of halogens is 2. The van der Waals surface area contributed by atoms with Crippen LogP contribution in [-0.4, -0.2) is 25.7 Å². The van der Waals surface area contributed by atoms with Crippen LogP contribution < -0.4 is 15.4 Å². The highest BCUT2D eigenvalue weighted by atomic mass is 127. The second-order valence-corrected chi connectivity index (χ2v) is 6.97. The van der Waals surface area contributed by atoms with Crippen LogP contribution in [0.4, 0.5) is 4.39 Å². The summed E-state index contributed by atoms with van der Waals surface area (Å²) in [4.78, 5) is 4.61. The molecule has 2 fully saturated rings. The average molecular weight is 461 g/mol. The van der Waals surface area contributed by atoms with Crippen LogP contribution in [0.15, 0.2) is 23.2 Å². The molecule has 2 saturated carbocycles. The van der Waals surface area contributed by atoms with Crippen LogP contribution >= 0.6 is 24.0 Å². The van der Waals surface area contributed by atoms with E-state index in [4.69, 9.17) is 4.74 Å². The Kier molecular flexibility index (Phi) is 7.78. The summed E-state index contributed by atoms with van der Waals surface area (Å²) in [6.45, 7) is 6.37. The molecule has 0 aliphatic heterocycles. The summed E-state index contributed by atoms with van der Waals surface area (Å²) in [5.41, 5.74) is 0.892. The summed E-state index contributed by atoms with van der Waals surface area (Å²) in [5, 5.41) is 6.61. The molecule has 1 atom stereocenters. The lowest BCUT2D eigenvalue weighted by atomic mass is 10.1. The fraction of sp³-hybridized carbons (Fsp3) is 0.632. The van der Waals surface area contributed by atoms with Crippen LogP contribution in [0.1, 0.15) is 51.1 Å². The first kappa shape index (κ1) is 20.3. The van der Waals surface area contributed by atoms with Gasteiger partial charge in [-0.05, 0) is 69.1 Å². The smallest absolute Gasteiger partial charge is 0.191 e. The molecular weight excluding hydrogens is 432 g/mol. The Hall–Kier alpha value is -1.05. The molecule has 6 heteroatoms. The Morgan fingerprint density at radius 1 is 1.28 bits per heavy atom. The number of hydrogen-bond donors (Lipinski definition) is 2. The van der Waals surface area contributed by atoms with E-state index in [1.807, 2.05) is 19.9 Å². The molecule has 0 spiro atoms. The van der Waals surface area contributed by atoms with Gasteiger partial charge in [0.25, 0.3) is 0 Å². The summed E-state index contributed by atoms with van der Waals surface area (Å²) >= 11 is 0. The SMILES string of the molecule is CCNC(=NCC1CC1)NC(C)c1ccc(OCC2CC2)c(F)c1.I. The van der Waals surface area contributed by atoms with Crippen molar-refractivity contribution >= 4 is 29.9 Å². The van der Waals surface area contributed by atoms with Crippen LogP contribution in [-0.2, 0) is 0 Å². The topological polar surface area (TPSA) is 45.7 Å². The zero-order valence-electron chi connectivity index (χ0n) is 15.1. The summed E-state index contributed by atoms with van der Waals surface area (Å²) < 4.78 is 19.8. The molecule has 0 aromatic heterocycles. The number of nitrogens with zero attached hydrogens (tertiary/aromatic N) is 1. The van der Waals surface area contributed by atoms with Crippen LogP contribution in [0.25, 0.3) is 0 Å². The first-order chi connectivity index (χ1) is 11.7. The monoisotopic (exact) mass is 461 g/mol. The van der Waals surface area contributed by atoms with Crippen molar-refractivity contribution in [2.75, 3.05) is 19.7 Å². The summed E-state index contributed by atoms with van der Waals surface area (Å²) in [6.07, 6.45) is 4.97. The number of hydrogen-bond acceptors (Lipinski definition) is 2. The largest absolute Gasteiger partial charge is 0.490 e. The molecule has 1 aromatic rings. The Labute approximate surface area is 167 Å². The molecule has 1 unspecified atom stereocenters. The van der Waals surface area contributed by atoms with Crippen molar-refractivity contribution in [3.05, 3.63) is 29.6 Å². The minimum absolute atomic E-state index is 0. The molecule has 0 radical (unpaired) electrons. The molecule has 0 saturated heterocycles. The van der Waals surface area contributed by atoms with Gasteiger partial charge in [-0.15, -0.1) is 24.0 Å². The Morgan fingerprint density at radius 2 is 2.00 bits per heavy atom. The van der Waals surface area contributed by atoms with E-state index in [0.717, 1.165) is 30.5 Å². The molecule has 2 N–H and O–H groups in total. The molecule has 0 bridgehead atoms. The zero-order valence-corrected chi connectivity index (χ0v) is 17.4. The van der Waals surface area contributed by atoms with E-state index in [1.165, 1.54) is 25.7 Å². The fourth-order valence-corrected chi connectivity index (χ4v) is 2.52. The maximum Gasteiger partial charge on any atom is 0.191 e. The van der Waals surface area contributed by atoms with Crippen molar-refractivity contribution in [3.8, 4) is 5.75 Å². The van der Waals surface area contributed by atoms with Gasteiger partial charge in [0.2, 0.25) is 0 Å². The van der Waals surface area contributed by atoms with Crippen molar-refractivity contribution in [1.82, 2.24) is 10.6 Å². The fourth-order valence-electron chi connectivity index (χ4n) is 2.52. The van der Waals surface area contributed by atoms with Crippen molar-refractivity contribution in [2.45, 2.75) is 45.6 Å². The summed E-state index contributed by atoms with van der Waals surface area (Å²) in [5.74, 6) is 2.23. The van der Waals surface area contributed by atoms with Crippen LogP contribution in [0.5, 0.6) is 5.75 Å². The lowest BCUT2D eigenvalue weighted by Crippen LogP contribution is -2.38. The molecule has 2 aliphatic carbocycles. The Balaban J connectivity index is 0.00000225. The van der Waals surface area contributed by atoms with Gasteiger partial charge < -0.3 is 15.4 Å². The highest BCUT2D eigenvalue weighted by Gasteiger charge is 2.23. The van der Waals surface area contributed by atoms with E-state index in [-0.39, 0.29) is 35.8 Å². The van der Waals surface area contributed by atoms with Gasteiger partial charge in [0.15, 0.2) is 17.5 Å². The van der Waals surface area contributed by atoms with Crippen LogP contribution in [0.3, 0.4) is 0 Å². The summed E-state index contributed by atoms with van der Waals surface area (Å²) in [6, 6.07) is 5.20. The number of nitrogens with one attached hydrogen (secondary N) is 2. The van der Waals surface area contributed by atoms with Gasteiger partial charge in [0.05, 0.1) is 12.6 Å². The molecule has 0 amide bonds. The number of benzene rings is 1. The molecule has 4 nitrogen and oxygen atoms in total. The lowest BCUT2D eigenvalue weighted by Gasteiger charge is -2.19. The first-order valence-corrected chi connectivity index (χ1v) is 9.12. The quantitative estimate of drug-likeness (QED) is 0.346. The number of ether oxygens (including phenoxy) is 1. The molecular formula is C19H29FIN3O. The standard InChI is InChI=1S/C19H28FN3O.HI/c1-3-21-19(22-11-14-4-5-14)23-13(2)16-8-9-18(17(20)10-16)24-12-15-6-7-15;/h8-10,13-15H,3-7,11-12H2,1-2H3,(H2,21,22,23);1H. The number of aliphatic imine (C=N–C) groups is 1. The Bertz CT molecular complexity index is 588. The third-order valence-electron chi connectivity index (χ3n) is 4.53. The molecule has 3 rings (SSSR count). The molecule has 140 valence electrons. The Morgan fingerprint density at radius 3 is 2.60 bits per heavy atom. The van der Waals surface area contributed by atoms with Crippen molar-refractivity contribution < 1.29 is 9.13 Å². The van der Waals surface area contributed by atoms with E-state index in [2.05, 4.69) is 15.6 Å². The first-order valence-electron chi connectivity index (χ1n) is 9.12. The van der Waals surface area contributed by atoms with Crippen molar-refractivity contribution in [3.63, 3.8) is 0 Å². The summed E-state index contributed by atoms with van der Waals surface area (Å²) in [7, 11) is 0. The highest BCUT2D eigenvalue weighted by Crippen LogP contribution is 2.31. The predicted octanol–water partition coefficient (Wildman–Crippen LogP) is 4.26. The minimum Gasteiger partial charge on any atom is -0.490 e. The van der Waals surface area contributed by atoms with Gasteiger partial charge in [-0.2, -0.15) is 0 Å². The highest BCUT2D eigenvalue weighted by molar-refractivity contribution is 14.0. The van der Waals surface area contributed by atoms with Crippen LogP contribution in [0.2, 0.25) is 0 Å². The zero-order chi connectivity index (χ0) is 16.9. The lowest BCUT2D eigenvalue weighted by molar-refractivity contribution is 0.285. The number of guanidine groups is 1. The van der Waals surface area contributed by atoms with E-state index in [0.29, 0.717) is 18.3 Å². The van der Waals surface area contributed by atoms with Crippen molar-refractivity contribution in [1.29, 1.82) is 0 Å². The van der Waals surface area contributed by atoms with E-state index in [9.17, 15) is 4.39 Å². The molecule has 0 heterocycles. The maximum atomic E-state index is 14.2. The van der Waals surface area contributed by atoms with Gasteiger partial charge >= 0.3 is 0 Å². The maximum absolute atomic E-state index is 14.2.